The lowest BCUT2D eigenvalue weighted by molar-refractivity contribution is 0.102. The number of hydrogen-bond acceptors (Lipinski definition) is 5. The van der Waals surface area contributed by atoms with Gasteiger partial charge in [-0.2, -0.15) is 0 Å². The van der Waals surface area contributed by atoms with Gasteiger partial charge in [0.2, 0.25) is 0 Å². The fourth-order valence-corrected chi connectivity index (χ4v) is 3.50. The Hall–Kier alpha value is -1.24. The predicted molar refractivity (Wildman–Crippen MR) is 78.7 cm³/mol. The molecule has 0 aromatic carbocycles. The summed E-state index contributed by atoms with van der Waals surface area (Å²) in [6.45, 7) is 6.37. The molecular formula is C14H20N4OS. The van der Waals surface area contributed by atoms with Crippen LogP contribution in [0.3, 0.4) is 0 Å². The van der Waals surface area contributed by atoms with Crippen LogP contribution in [0.25, 0.3) is 0 Å². The number of aromatic nitrogens is 3. The molecule has 0 radical (unpaired) electrons. The standard InChI is InChI=1S/C14H20N4OS/c1-3-19-9-11-6-18(8-13-15-4-5-20-13)7-12-14(11)17(2)10-16-12/h4-5,10-11H,3,6-9H2,1-2H3/t11-/m0/s1. The van der Waals surface area contributed by atoms with Crippen molar-refractivity contribution in [1.29, 1.82) is 0 Å². The van der Waals surface area contributed by atoms with Crippen LogP contribution < -0.4 is 0 Å². The summed E-state index contributed by atoms with van der Waals surface area (Å²) in [5, 5.41) is 3.20. The molecule has 1 atom stereocenters. The van der Waals surface area contributed by atoms with E-state index in [1.165, 1.54) is 16.4 Å². The fraction of sp³-hybridized carbons (Fsp3) is 0.571. The molecule has 0 bridgehead atoms. The van der Waals surface area contributed by atoms with Gasteiger partial charge in [0, 0.05) is 49.9 Å². The molecule has 0 aliphatic carbocycles. The molecule has 0 unspecified atom stereocenters. The number of fused-ring (bicyclic) bond motifs is 1. The Labute approximate surface area is 123 Å². The van der Waals surface area contributed by atoms with Crippen molar-refractivity contribution < 1.29 is 4.74 Å². The molecule has 20 heavy (non-hydrogen) atoms. The zero-order valence-corrected chi connectivity index (χ0v) is 12.8. The topological polar surface area (TPSA) is 43.2 Å². The third kappa shape index (κ3) is 2.77. The Morgan fingerprint density at radius 1 is 1.45 bits per heavy atom. The van der Waals surface area contributed by atoms with E-state index >= 15 is 0 Å². The minimum atomic E-state index is 0.395. The summed E-state index contributed by atoms with van der Waals surface area (Å²) in [5.74, 6) is 0.395. The first-order chi connectivity index (χ1) is 9.78. The first kappa shape index (κ1) is 13.7. The van der Waals surface area contributed by atoms with E-state index in [0.29, 0.717) is 5.92 Å². The molecule has 6 heteroatoms. The molecule has 0 saturated carbocycles. The molecule has 2 aromatic heterocycles. The average Bonchev–Trinajstić information content (AvgIpc) is 3.07. The maximum absolute atomic E-state index is 5.66. The van der Waals surface area contributed by atoms with Crippen molar-refractivity contribution in [2.24, 2.45) is 7.05 Å². The molecule has 0 fully saturated rings. The Morgan fingerprint density at radius 2 is 2.35 bits per heavy atom. The molecule has 1 aliphatic rings. The van der Waals surface area contributed by atoms with Gasteiger partial charge in [-0.3, -0.25) is 4.90 Å². The number of aryl methyl sites for hydroxylation is 1. The molecule has 0 saturated heterocycles. The van der Waals surface area contributed by atoms with Crippen LogP contribution in [0.1, 0.15) is 29.2 Å². The second kappa shape index (κ2) is 6.03. The average molecular weight is 292 g/mol. The molecule has 0 amide bonds. The van der Waals surface area contributed by atoms with E-state index < -0.39 is 0 Å². The zero-order valence-electron chi connectivity index (χ0n) is 12.0. The summed E-state index contributed by atoms with van der Waals surface area (Å²) in [6, 6.07) is 0. The van der Waals surface area contributed by atoms with Crippen molar-refractivity contribution in [2.75, 3.05) is 19.8 Å². The molecule has 2 aromatic rings. The maximum Gasteiger partial charge on any atom is 0.107 e. The largest absolute Gasteiger partial charge is 0.381 e. The van der Waals surface area contributed by atoms with Crippen LogP contribution in [-0.2, 0) is 24.9 Å². The summed E-state index contributed by atoms with van der Waals surface area (Å²) >= 11 is 1.71. The quantitative estimate of drug-likeness (QED) is 0.845. The normalized spacial score (nSPS) is 19.2. The number of thiazole rings is 1. The minimum absolute atomic E-state index is 0.395. The van der Waals surface area contributed by atoms with E-state index in [9.17, 15) is 0 Å². The molecule has 3 heterocycles. The van der Waals surface area contributed by atoms with Crippen LogP contribution in [0.15, 0.2) is 17.9 Å². The number of hydrogen-bond donors (Lipinski definition) is 0. The molecular weight excluding hydrogens is 272 g/mol. The van der Waals surface area contributed by atoms with E-state index in [2.05, 4.69) is 26.5 Å². The number of imidazole rings is 1. The summed E-state index contributed by atoms with van der Waals surface area (Å²) in [4.78, 5) is 11.3. The lowest BCUT2D eigenvalue weighted by Gasteiger charge is -2.32. The molecule has 3 rings (SSSR count). The summed E-state index contributed by atoms with van der Waals surface area (Å²) in [7, 11) is 2.07. The number of ether oxygens (including phenoxy) is 1. The van der Waals surface area contributed by atoms with Gasteiger partial charge in [0.15, 0.2) is 0 Å². The zero-order chi connectivity index (χ0) is 13.9. The first-order valence-corrected chi connectivity index (χ1v) is 7.84. The van der Waals surface area contributed by atoms with Gasteiger partial charge in [-0.1, -0.05) is 0 Å². The minimum Gasteiger partial charge on any atom is -0.381 e. The van der Waals surface area contributed by atoms with Gasteiger partial charge in [-0.25, -0.2) is 9.97 Å². The van der Waals surface area contributed by atoms with Gasteiger partial charge in [-0.05, 0) is 6.92 Å². The van der Waals surface area contributed by atoms with Crippen molar-refractivity contribution in [3.63, 3.8) is 0 Å². The number of nitrogens with zero attached hydrogens (tertiary/aromatic N) is 4. The highest BCUT2D eigenvalue weighted by Gasteiger charge is 2.29. The molecule has 0 spiro atoms. The highest BCUT2D eigenvalue weighted by atomic mass is 32.1. The van der Waals surface area contributed by atoms with Crippen molar-refractivity contribution in [3.05, 3.63) is 34.3 Å². The summed E-state index contributed by atoms with van der Waals surface area (Å²) in [6.07, 6.45) is 3.78. The second-order valence-electron chi connectivity index (χ2n) is 5.14. The van der Waals surface area contributed by atoms with Gasteiger partial charge in [0.1, 0.15) is 5.01 Å². The van der Waals surface area contributed by atoms with Crippen molar-refractivity contribution in [2.45, 2.75) is 25.9 Å². The van der Waals surface area contributed by atoms with Crippen LogP contribution in [0.4, 0.5) is 0 Å². The summed E-state index contributed by atoms with van der Waals surface area (Å²) < 4.78 is 7.80. The third-order valence-corrected chi connectivity index (χ3v) is 4.43. The van der Waals surface area contributed by atoms with Crippen LogP contribution >= 0.6 is 11.3 Å². The van der Waals surface area contributed by atoms with E-state index in [1.54, 1.807) is 11.3 Å². The Kier molecular flexibility index (Phi) is 4.14. The smallest absolute Gasteiger partial charge is 0.107 e. The van der Waals surface area contributed by atoms with Gasteiger partial charge < -0.3 is 9.30 Å². The molecule has 0 N–H and O–H groups in total. The van der Waals surface area contributed by atoms with Crippen molar-refractivity contribution in [1.82, 2.24) is 19.4 Å². The van der Waals surface area contributed by atoms with E-state index in [0.717, 1.165) is 32.8 Å². The predicted octanol–water partition coefficient (Wildman–Crippen LogP) is 2.01. The third-order valence-electron chi connectivity index (χ3n) is 3.67. The van der Waals surface area contributed by atoms with E-state index in [1.807, 2.05) is 24.8 Å². The van der Waals surface area contributed by atoms with Gasteiger partial charge >= 0.3 is 0 Å². The molecule has 5 nitrogen and oxygen atoms in total. The van der Waals surface area contributed by atoms with E-state index in [4.69, 9.17) is 4.74 Å². The van der Waals surface area contributed by atoms with Crippen molar-refractivity contribution in [3.8, 4) is 0 Å². The van der Waals surface area contributed by atoms with Gasteiger partial charge in [0.05, 0.1) is 25.2 Å². The highest BCUT2D eigenvalue weighted by molar-refractivity contribution is 7.09. The summed E-state index contributed by atoms with van der Waals surface area (Å²) in [5.41, 5.74) is 2.51. The van der Waals surface area contributed by atoms with Gasteiger partial charge in [0.25, 0.3) is 0 Å². The highest BCUT2D eigenvalue weighted by Crippen LogP contribution is 2.28. The van der Waals surface area contributed by atoms with Gasteiger partial charge in [-0.15, -0.1) is 11.3 Å². The van der Waals surface area contributed by atoms with Crippen LogP contribution in [0.5, 0.6) is 0 Å². The van der Waals surface area contributed by atoms with E-state index in [-0.39, 0.29) is 0 Å². The Bertz CT molecular complexity index is 552. The monoisotopic (exact) mass is 292 g/mol. The SMILES string of the molecule is CCOC[C@@H]1CN(Cc2nccs2)Cc2ncn(C)c21. The molecule has 1 aliphatic heterocycles. The number of rotatable bonds is 5. The lowest BCUT2D eigenvalue weighted by atomic mass is 9.99. The van der Waals surface area contributed by atoms with Crippen molar-refractivity contribution >= 4 is 11.3 Å². The Morgan fingerprint density at radius 3 is 3.10 bits per heavy atom. The van der Waals surface area contributed by atoms with Crippen LogP contribution in [-0.4, -0.2) is 39.2 Å². The first-order valence-electron chi connectivity index (χ1n) is 6.96. The second-order valence-corrected chi connectivity index (χ2v) is 6.12. The maximum atomic E-state index is 5.66. The lowest BCUT2D eigenvalue weighted by Crippen LogP contribution is -2.36. The fourth-order valence-electron chi connectivity index (χ4n) is 2.84. The van der Waals surface area contributed by atoms with Crippen LogP contribution in [0, 0.1) is 0 Å². The Balaban J connectivity index is 1.77. The van der Waals surface area contributed by atoms with Crippen LogP contribution in [0.2, 0.25) is 0 Å². The molecule has 108 valence electrons.